The van der Waals surface area contributed by atoms with Crippen LogP contribution in [0.2, 0.25) is 0 Å². The molecule has 1 saturated heterocycles. The van der Waals surface area contributed by atoms with Crippen molar-refractivity contribution in [3.05, 3.63) is 52.5 Å². The maximum atomic E-state index is 11.8. The number of thiophene rings is 2. The topological polar surface area (TPSA) is 72.0 Å². The van der Waals surface area contributed by atoms with Gasteiger partial charge in [-0.3, -0.25) is 0 Å². The van der Waals surface area contributed by atoms with Crippen molar-refractivity contribution in [1.29, 1.82) is 0 Å². The Kier molecular flexibility index (Phi) is 4.85. The van der Waals surface area contributed by atoms with Crippen molar-refractivity contribution in [2.24, 2.45) is 5.92 Å². The predicted octanol–water partition coefficient (Wildman–Crippen LogP) is 4.93. The predicted molar refractivity (Wildman–Crippen MR) is 121 cm³/mol. The third-order valence-corrected chi connectivity index (χ3v) is 8.58. The van der Waals surface area contributed by atoms with E-state index < -0.39 is 9.84 Å². The van der Waals surface area contributed by atoms with E-state index in [1.807, 2.05) is 35.0 Å². The minimum atomic E-state index is -2.90. The molecule has 4 heterocycles. The van der Waals surface area contributed by atoms with E-state index in [2.05, 4.69) is 22.8 Å². The maximum Gasteiger partial charge on any atom is 0.163 e. The molecule has 0 bridgehead atoms. The minimum absolute atomic E-state index is 0.119. The number of rotatable bonds is 5. The van der Waals surface area contributed by atoms with Crippen LogP contribution in [-0.4, -0.2) is 36.4 Å². The highest BCUT2D eigenvalue weighted by Gasteiger charge is 2.28. The highest BCUT2D eigenvalue weighted by molar-refractivity contribution is 7.91. The lowest BCUT2D eigenvalue weighted by molar-refractivity contribution is 0.596. The highest BCUT2D eigenvalue weighted by Crippen LogP contribution is 2.38. The second kappa shape index (κ2) is 7.51. The molecule has 0 amide bonds. The summed E-state index contributed by atoms with van der Waals surface area (Å²) >= 11 is 3.23. The van der Waals surface area contributed by atoms with Crippen molar-refractivity contribution in [2.75, 3.05) is 23.4 Å². The summed E-state index contributed by atoms with van der Waals surface area (Å²) in [6.45, 7) is 0.596. The lowest BCUT2D eigenvalue weighted by Crippen LogP contribution is -2.16. The summed E-state index contributed by atoms with van der Waals surface area (Å²) in [4.78, 5) is 10.6. The molecule has 1 aliphatic heterocycles. The molecule has 1 aromatic carbocycles. The molecule has 148 valence electrons. The molecule has 1 atom stereocenters. The molecule has 0 spiro atoms. The molecule has 5 nitrogen and oxygen atoms in total. The fraction of sp³-hybridized carbons (Fsp3) is 0.238. The zero-order valence-electron chi connectivity index (χ0n) is 15.5. The quantitative estimate of drug-likeness (QED) is 0.475. The zero-order chi connectivity index (χ0) is 19.8. The second-order valence-corrected chi connectivity index (χ2v) is 11.1. The van der Waals surface area contributed by atoms with E-state index in [1.165, 1.54) is 0 Å². The molecule has 1 fully saturated rings. The second-order valence-electron chi connectivity index (χ2n) is 7.25. The summed E-state index contributed by atoms with van der Waals surface area (Å²) in [7, 11) is -2.90. The number of hydrogen-bond acceptors (Lipinski definition) is 7. The number of hydrogen-bond donors (Lipinski definition) is 1. The Hall–Kier alpha value is -2.29. The van der Waals surface area contributed by atoms with E-state index in [-0.39, 0.29) is 17.4 Å². The van der Waals surface area contributed by atoms with E-state index in [4.69, 9.17) is 9.97 Å². The summed E-state index contributed by atoms with van der Waals surface area (Å²) in [5.41, 5.74) is 3.22. The molecule has 0 radical (unpaired) electrons. The van der Waals surface area contributed by atoms with Crippen LogP contribution in [0.1, 0.15) is 6.42 Å². The SMILES string of the molecule is O=S1(=O)CCC(CNc2nc(-c3ccsc3)nc3scc(-c4ccccc4)c23)C1. The molecule has 4 aromatic rings. The molecule has 0 saturated carbocycles. The molecule has 3 aromatic heterocycles. The molecule has 5 rings (SSSR count). The Morgan fingerprint density at radius 2 is 1.93 bits per heavy atom. The van der Waals surface area contributed by atoms with Gasteiger partial charge in [0.25, 0.3) is 0 Å². The van der Waals surface area contributed by atoms with Gasteiger partial charge < -0.3 is 5.32 Å². The molecular formula is C21H19N3O2S3. The first-order valence-corrected chi connectivity index (χ1v) is 13.0. The fourth-order valence-electron chi connectivity index (χ4n) is 3.69. The third-order valence-electron chi connectivity index (χ3n) is 5.18. The summed E-state index contributed by atoms with van der Waals surface area (Å²) in [6.07, 6.45) is 0.704. The van der Waals surface area contributed by atoms with Gasteiger partial charge in [0, 0.05) is 28.4 Å². The van der Waals surface area contributed by atoms with Crippen LogP contribution >= 0.6 is 22.7 Å². The van der Waals surface area contributed by atoms with Gasteiger partial charge in [0.05, 0.1) is 16.9 Å². The Labute approximate surface area is 177 Å². The van der Waals surface area contributed by atoms with Crippen molar-refractivity contribution >= 4 is 48.5 Å². The van der Waals surface area contributed by atoms with E-state index in [1.54, 1.807) is 22.7 Å². The normalized spacial score (nSPS) is 18.3. The van der Waals surface area contributed by atoms with Gasteiger partial charge in [0.1, 0.15) is 10.6 Å². The summed E-state index contributed by atoms with van der Waals surface area (Å²) in [5.74, 6) is 2.13. The van der Waals surface area contributed by atoms with Crippen LogP contribution in [0.3, 0.4) is 0 Å². The maximum absolute atomic E-state index is 11.8. The first kappa shape index (κ1) is 18.7. The van der Waals surface area contributed by atoms with Crippen LogP contribution < -0.4 is 5.32 Å². The van der Waals surface area contributed by atoms with Gasteiger partial charge in [-0.25, -0.2) is 18.4 Å². The van der Waals surface area contributed by atoms with Gasteiger partial charge in [-0.15, -0.1) is 11.3 Å². The first-order valence-electron chi connectivity index (χ1n) is 9.40. The van der Waals surface area contributed by atoms with Gasteiger partial charge in [-0.05, 0) is 29.3 Å². The lowest BCUT2D eigenvalue weighted by atomic mass is 10.1. The van der Waals surface area contributed by atoms with E-state index in [0.717, 1.165) is 32.7 Å². The molecular weight excluding hydrogens is 422 g/mol. The molecule has 1 N–H and O–H groups in total. The smallest absolute Gasteiger partial charge is 0.163 e. The molecule has 0 aliphatic carbocycles. The van der Waals surface area contributed by atoms with Crippen molar-refractivity contribution in [1.82, 2.24) is 9.97 Å². The lowest BCUT2D eigenvalue weighted by Gasteiger charge is -2.13. The van der Waals surface area contributed by atoms with Crippen LogP contribution in [0.25, 0.3) is 32.7 Å². The Morgan fingerprint density at radius 3 is 2.66 bits per heavy atom. The molecule has 29 heavy (non-hydrogen) atoms. The monoisotopic (exact) mass is 441 g/mol. The molecule has 8 heteroatoms. The largest absolute Gasteiger partial charge is 0.369 e. The van der Waals surface area contributed by atoms with Crippen LogP contribution in [0.15, 0.2) is 52.5 Å². The number of benzene rings is 1. The van der Waals surface area contributed by atoms with Crippen LogP contribution in [0.5, 0.6) is 0 Å². The summed E-state index contributed by atoms with van der Waals surface area (Å²) in [5, 5.41) is 10.6. The van der Waals surface area contributed by atoms with E-state index in [9.17, 15) is 8.42 Å². The van der Waals surface area contributed by atoms with Gasteiger partial charge in [-0.2, -0.15) is 11.3 Å². The van der Waals surface area contributed by atoms with Crippen LogP contribution in [-0.2, 0) is 9.84 Å². The number of nitrogens with zero attached hydrogens (tertiary/aromatic N) is 2. The number of fused-ring (bicyclic) bond motifs is 1. The standard InChI is InChI=1S/C21H19N3O2S3/c25-29(26)9-7-14(13-29)10-22-20-18-17(15-4-2-1-3-5-15)12-28-21(18)24-19(23-20)16-6-8-27-11-16/h1-6,8,11-12,14H,7,9-10,13H2,(H,22,23,24). The van der Waals surface area contributed by atoms with Crippen LogP contribution in [0, 0.1) is 5.92 Å². The number of anilines is 1. The number of aromatic nitrogens is 2. The average molecular weight is 442 g/mol. The van der Waals surface area contributed by atoms with Gasteiger partial charge >= 0.3 is 0 Å². The van der Waals surface area contributed by atoms with Gasteiger partial charge in [0.15, 0.2) is 15.7 Å². The summed E-state index contributed by atoms with van der Waals surface area (Å²) in [6, 6.07) is 12.2. The van der Waals surface area contributed by atoms with Gasteiger partial charge in [0.2, 0.25) is 0 Å². The van der Waals surface area contributed by atoms with Crippen molar-refractivity contribution in [3.63, 3.8) is 0 Å². The fourth-order valence-corrected chi connectivity index (χ4v) is 7.14. The van der Waals surface area contributed by atoms with E-state index >= 15 is 0 Å². The van der Waals surface area contributed by atoms with Crippen molar-refractivity contribution in [3.8, 4) is 22.5 Å². The Balaban J connectivity index is 1.57. The van der Waals surface area contributed by atoms with E-state index in [0.29, 0.717) is 18.8 Å². The van der Waals surface area contributed by atoms with Crippen molar-refractivity contribution < 1.29 is 8.42 Å². The van der Waals surface area contributed by atoms with Gasteiger partial charge in [-0.1, -0.05) is 30.3 Å². The third kappa shape index (κ3) is 3.80. The Bertz CT molecular complexity index is 1250. The Morgan fingerprint density at radius 1 is 1.07 bits per heavy atom. The molecule has 1 aliphatic rings. The highest BCUT2D eigenvalue weighted by atomic mass is 32.2. The number of sulfone groups is 1. The summed E-state index contributed by atoms with van der Waals surface area (Å²) < 4.78 is 23.6. The number of nitrogens with one attached hydrogen (secondary N) is 1. The van der Waals surface area contributed by atoms with Crippen LogP contribution in [0.4, 0.5) is 5.82 Å². The van der Waals surface area contributed by atoms with Crippen molar-refractivity contribution in [2.45, 2.75) is 6.42 Å². The minimum Gasteiger partial charge on any atom is -0.369 e. The molecule has 1 unspecified atom stereocenters. The zero-order valence-corrected chi connectivity index (χ0v) is 18.0. The average Bonchev–Trinajstić information content (AvgIpc) is 3.46. The first-order chi connectivity index (χ1) is 14.1.